The fraction of sp³-hybridized carbons (Fsp3) is 0.0909. The van der Waals surface area contributed by atoms with Gasteiger partial charge in [-0.2, -0.15) is 4.98 Å². The van der Waals surface area contributed by atoms with Gasteiger partial charge < -0.3 is 15.1 Å². The fourth-order valence-corrected chi connectivity index (χ4v) is 3.71. The Kier molecular flexibility index (Phi) is 5.98. The number of aryl methyl sites for hydroxylation is 2. The summed E-state index contributed by atoms with van der Waals surface area (Å²) in [5.74, 6) is -0.470. The van der Waals surface area contributed by atoms with E-state index in [0.717, 1.165) is 5.56 Å². The van der Waals surface area contributed by atoms with Crippen LogP contribution < -0.4 is 16.0 Å². The van der Waals surface area contributed by atoms with E-state index < -0.39 is 11.9 Å². The van der Waals surface area contributed by atoms with Crippen LogP contribution in [0, 0.1) is 13.8 Å². The van der Waals surface area contributed by atoms with Crippen LogP contribution in [-0.2, 0) is 0 Å². The number of amides is 3. The van der Waals surface area contributed by atoms with E-state index >= 15 is 0 Å². The number of pyridine rings is 1. The van der Waals surface area contributed by atoms with Gasteiger partial charge in [0.1, 0.15) is 6.26 Å². The van der Waals surface area contributed by atoms with E-state index in [9.17, 15) is 9.59 Å². The van der Waals surface area contributed by atoms with E-state index in [2.05, 4.69) is 25.9 Å². The van der Waals surface area contributed by atoms with Gasteiger partial charge in [-0.1, -0.05) is 41.4 Å². The van der Waals surface area contributed by atoms with Crippen LogP contribution in [0.15, 0.2) is 53.3 Å². The molecule has 10 heteroatoms. The number of carbonyl (C=O) groups is 2. The number of halogens is 2. The van der Waals surface area contributed by atoms with Crippen molar-refractivity contribution in [3.8, 4) is 0 Å². The fourth-order valence-electron chi connectivity index (χ4n) is 3.14. The Hall–Kier alpha value is -3.62. The lowest BCUT2D eigenvalue weighted by Crippen LogP contribution is -2.20. The molecule has 0 saturated carbocycles. The van der Waals surface area contributed by atoms with Gasteiger partial charge >= 0.3 is 12.0 Å². The highest BCUT2D eigenvalue weighted by Crippen LogP contribution is 2.31. The molecule has 0 aliphatic carbocycles. The number of benzene rings is 2. The monoisotopic (exact) mass is 469 g/mol. The Morgan fingerprint density at radius 2 is 1.69 bits per heavy atom. The Morgan fingerprint density at radius 3 is 2.38 bits per heavy atom. The first kappa shape index (κ1) is 21.6. The first-order chi connectivity index (χ1) is 15.3. The molecule has 162 valence electrons. The molecule has 4 aromatic rings. The lowest BCUT2D eigenvalue weighted by Gasteiger charge is -2.14. The van der Waals surface area contributed by atoms with E-state index in [0.29, 0.717) is 28.0 Å². The molecular weight excluding hydrogens is 453 g/mol. The van der Waals surface area contributed by atoms with Gasteiger partial charge in [0.2, 0.25) is 0 Å². The number of nitrogens with zero attached hydrogens (tertiary/aromatic N) is 2. The van der Waals surface area contributed by atoms with Crippen LogP contribution in [0.5, 0.6) is 0 Å². The maximum atomic E-state index is 12.8. The number of nitrogens with one attached hydrogen (secondary N) is 3. The summed E-state index contributed by atoms with van der Waals surface area (Å²) in [5, 5.41) is 9.24. The number of urea groups is 1. The molecule has 0 spiro atoms. The molecule has 4 rings (SSSR count). The van der Waals surface area contributed by atoms with Gasteiger partial charge in [-0.15, -0.1) is 0 Å². The van der Waals surface area contributed by atoms with Crippen molar-refractivity contribution in [1.82, 2.24) is 9.97 Å². The third-order valence-corrected chi connectivity index (χ3v) is 5.23. The third-order valence-electron chi connectivity index (χ3n) is 4.60. The Balaban J connectivity index is 1.65. The second kappa shape index (κ2) is 8.86. The van der Waals surface area contributed by atoms with Crippen LogP contribution in [0.4, 0.5) is 22.2 Å². The number of fused-ring (bicyclic) bond motifs is 1. The van der Waals surface area contributed by atoms with E-state index in [4.69, 9.17) is 27.6 Å². The largest absolute Gasteiger partial charge is 0.432 e. The van der Waals surface area contributed by atoms with Crippen molar-refractivity contribution in [2.24, 2.45) is 0 Å². The molecule has 0 fully saturated rings. The van der Waals surface area contributed by atoms with Gasteiger partial charge in [-0.05, 0) is 37.6 Å². The average Bonchev–Trinajstić information content (AvgIpc) is 3.14. The molecule has 2 heterocycles. The van der Waals surface area contributed by atoms with Crippen LogP contribution >= 0.6 is 23.2 Å². The molecule has 0 unspecified atom stereocenters. The van der Waals surface area contributed by atoms with Crippen molar-refractivity contribution in [3.63, 3.8) is 0 Å². The summed E-state index contributed by atoms with van der Waals surface area (Å²) in [7, 11) is 0. The topological polar surface area (TPSA) is 109 Å². The van der Waals surface area contributed by atoms with Gasteiger partial charge in [0.15, 0.2) is 0 Å². The van der Waals surface area contributed by atoms with E-state index in [-0.39, 0.29) is 21.6 Å². The smallest absolute Gasteiger partial charge is 0.327 e. The molecule has 3 amide bonds. The van der Waals surface area contributed by atoms with Crippen molar-refractivity contribution in [2.45, 2.75) is 13.8 Å². The Labute approximate surface area is 192 Å². The molecule has 0 aliphatic rings. The van der Waals surface area contributed by atoms with Crippen molar-refractivity contribution in [3.05, 3.63) is 75.7 Å². The van der Waals surface area contributed by atoms with Crippen LogP contribution in [0.3, 0.4) is 0 Å². The molecule has 0 aliphatic heterocycles. The minimum absolute atomic E-state index is 0.0839. The van der Waals surface area contributed by atoms with Gasteiger partial charge in [-0.3, -0.25) is 15.1 Å². The van der Waals surface area contributed by atoms with Crippen LogP contribution in [0.25, 0.3) is 10.9 Å². The van der Waals surface area contributed by atoms with Crippen LogP contribution in [-0.4, -0.2) is 21.9 Å². The number of rotatable bonds is 4. The predicted octanol–water partition coefficient (Wildman–Crippen LogP) is 6.04. The number of para-hydroxylation sites is 1. The normalized spacial score (nSPS) is 10.8. The molecule has 0 atom stereocenters. The number of anilines is 3. The highest BCUT2D eigenvalue weighted by molar-refractivity contribution is 6.40. The molecule has 0 radical (unpaired) electrons. The average molecular weight is 470 g/mol. The standard InChI is InChI=1S/C22H17Cl2N5O3/c1-11-9-25-19-13(18(11)28-21(31)29-22-26-12(2)10-32-22)5-3-8-16(19)27-20(30)17-14(23)6-4-7-15(17)24/h3-10H,1-2H3,(H,27,30)(H2,25,26,28,29,31). The molecule has 0 saturated heterocycles. The summed E-state index contributed by atoms with van der Waals surface area (Å²) in [4.78, 5) is 33.8. The van der Waals surface area contributed by atoms with Gasteiger partial charge in [0.25, 0.3) is 5.91 Å². The number of carbonyl (C=O) groups excluding carboxylic acids is 2. The molecule has 32 heavy (non-hydrogen) atoms. The maximum absolute atomic E-state index is 12.8. The zero-order chi connectivity index (χ0) is 22.8. The van der Waals surface area contributed by atoms with Crippen LogP contribution in [0.1, 0.15) is 21.6 Å². The summed E-state index contributed by atoms with van der Waals surface area (Å²) < 4.78 is 5.15. The molecule has 2 aromatic heterocycles. The maximum Gasteiger partial charge on any atom is 0.327 e. The number of aromatic nitrogens is 2. The quantitative estimate of drug-likeness (QED) is 0.337. The molecule has 3 N–H and O–H groups in total. The van der Waals surface area contributed by atoms with Crippen molar-refractivity contribution < 1.29 is 14.0 Å². The lowest BCUT2D eigenvalue weighted by molar-refractivity contribution is 0.102. The highest BCUT2D eigenvalue weighted by Gasteiger charge is 2.18. The zero-order valence-corrected chi connectivity index (χ0v) is 18.5. The first-order valence-electron chi connectivity index (χ1n) is 9.47. The third kappa shape index (κ3) is 4.37. The molecule has 2 aromatic carbocycles. The zero-order valence-electron chi connectivity index (χ0n) is 17.0. The van der Waals surface area contributed by atoms with E-state index in [1.807, 2.05) is 6.92 Å². The summed E-state index contributed by atoms with van der Waals surface area (Å²) in [5.41, 5.74) is 2.99. The van der Waals surface area contributed by atoms with Gasteiger partial charge in [0.05, 0.1) is 38.2 Å². The predicted molar refractivity (Wildman–Crippen MR) is 125 cm³/mol. The SMILES string of the molecule is Cc1coc(NC(=O)Nc2c(C)cnc3c(NC(=O)c4c(Cl)cccc4Cl)cccc23)n1. The van der Waals surface area contributed by atoms with Gasteiger partial charge in [0, 0.05) is 11.6 Å². The Morgan fingerprint density at radius 1 is 0.969 bits per heavy atom. The van der Waals surface area contributed by atoms with E-state index in [1.54, 1.807) is 49.5 Å². The number of hydrogen-bond donors (Lipinski definition) is 3. The molecule has 8 nitrogen and oxygen atoms in total. The Bertz CT molecular complexity index is 1330. The van der Waals surface area contributed by atoms with Crippen molar-refractivity contribution in [2.75, 3.05) is 16.0 Å². The lowest BCUT2D eigenvalue weighted by atomic mass is 10.1. The van der Waals surface area contributed by atoms with Crippen molar-refractivity contribution >= 4 is 63.4 Å². The summed E-state index contributed by atoms with van der Waals surface area (Å²) >= 11 is 12.3. The summed E-state index contributed by atoms with van der Waals surface area (Å²) in [6.45, 7) is 3.56. The van der Waals surface area contributed by atoms with Gasteiger partial charge in [-0.25, -0.2) is 4.79 Å². The number of hydrogen-bond acceptors (Lipinski definition) is 5. The molecular formula is C22H17Cl2N5O3. The number of oxazole rings is 1. The van der Waals surface area contributed by atoms with Crippen LogP contribution in [0.2, 0.25) is 10.0 Å². The minimum atomic E-state index is -0.528. The summed E-state index contributed by atoms with van der Waals surface area (Å²) in [6, 6.07) is 9.62. The second-order valence-electron chi connectivity index (χ2n) is 6.94. The second-order valence-corrected chi connectivity index (χ2v) is 7.76. The molecule has 0 bridgehead atoms. The van der Waals surface area contributed by atoms with Crippen molar-refractivity contribution in [1.29, 1.82) is 0 Å². The van der Waals surface area contributed by atoms with E-state index in [1.165, 1.54) is 6.26 Å². The minimum Gasteiger partial charge on any atom is -0.432 e. The highest BCUT2D eigenvalue weighted by atomic mass is 35.5. The first-order valence-corrected chi connectivity index (χ1v) is 10.2. The summed E-state index contributed by atoms with van der Waals surface area (Å²) in [6.07, 6.45) is 3.04.